The predicted molar refractivity (Wildman–Crippen MR) is 61.9 cm³/mol. The van der Waals surface area contributed by atoms with Crippen molar-refractivity contribution in [1.29, 1.82) is 0 Å². The van der Waals surface area contributed by atoms with E-state index in [2.05, 4.69) is 0 Å². The zero-order chi connectivity index (χ0) is 8.77. The molecule has 0 bridgehead atoms. The quantitative estimate of drug-likeness (QED) is 0.723. The summed E-state index contributed by atoms with van der Waals surface area (Å²) in [5.74, 6) is -0.550. The van der Waals surface area contributed by atoms with Gasteiger partial charge in [0, 0.05) is 0 Å². The Hall–Kier alpha value is -0.660. The van der Waals surface area contributed by atoms with Gasteiger partial charge in [-0.15, -0.1) is 0 Å². The lowest BCUT2D eigenvalue weighted by atomic mass is 10.2. The summed E-state index contributed by atoms with van der Waals surface area (Å²) < 4.78 is 24.2. The third-order valence-electron chi connectivity index (χ3n) is 1.65. The van der Waals surface area contributed by atoms with Crippen LogP contribution in [-0.4, -0.2) is 14.3 Å². The number of hydrogen-bond donors (Lipinski definition) is 1. The number of amides is 1. The van der Waals surface area contributed by atoms with E-state index in [1.165, 1.54) is 12.1 Å². The first kappa shape index (κ1) is 13.3. The standard InChI is InChI=1S/C7H5NO3S.2H2S/c9-7-5-3-1-2-4-6(5)12(10,11)8-7;;/h1-4H,(H,8,9);2*1H2. The molecule has 1 aliphatic heterocycles. The Morgan fingerprint density at radius 3 is 2.21 bits per heavy atom. The van der Waals surface area contributed by atoms with Gasteiger partial charge in [-0.25, -0.2) is 13.1 Å². The van der Waals surface area contributed by atoms with E-state index in [-0.39, 0.29) is 37.5 Å². The summed E-state index contributed by atoms with van der Waals surface area (Å²) in [6.07, 6.45) is 0. The van der Waals surface area contributed by atoms with Crippen LogP contribution in [-0.2, 0) is 10.0 Å². The Balaban J connectivity index is 0.000000845. The number of benzene rings is 1. The van der Waals surface area contributed by atoms with Crippen LogP contribution in [0.5, 0.6) is 0 Å². The van der Waals surface area contributed by atoms with Crippen molar-refractivity contribution in [3.05, 3.63) is 29.8 Å². The van der Waals surface area contributed by atoms with E-state index in [1.807, 2.05) is 4.72 Å². The minimum absolute atomic E-state index is 0. The molecule has 1 amide bonds. The highest BCUT2D eigenvalue weighted by Crippen LogP contribution is 2.20. The van der Waals surface area contributed by atoms with Crippen molar-refractivity contribution in [2.75, 3.05) is 0 Å². The lowest BCUT2D eigenvalue weighted by molar-refractivity contribution is 0.0985. The molecule has 1 aliphatic rings. The summed E-state index contributed by atoms with van der Waals surface area (Å²) >= 11 is 0. The Labute approximate surface area is 95.6 Å². The van der Waals surface area contributed by atoms with Gasteiger partial charge in [-0.2, -0.15) is 27.0 Å². The van der Waals surface area contributed by atoms with Gasteiger partial charge in [0.25, 0.3) is 15.9 Å². The summed E-state index contributed by atoms with van der Waals surface area (Å²) in [6.45, 7) is 0. The number of fused-ring (bicyclic) bond motifs is 1. The number of hydrogen-bond acceptors (Lipinski definition) is 3. The zero-order valence-corrected chi connectivity index (χ0v) is 9.76. The van der Waals surface area contributed by atoms with E-state index < -0.39 is 15.9 Å². The van der Waals surface area contributed by atoms with E-state index >= 15 is 0 Å². The predicted octanol–water partition coefficient (Wildman–Crippen LogP) is 0.344. The molecule has 14 heavy (non-hydrogen) atoms. The largest absolute Gasteiger partial charge is 0.268 e. The summed E-state index contributed by atoms with van der Waals surface area (Å²) in [6, 6.07) is 6.09. The first-order valence-electron chi connectivity index (χ1n) is 3.27. The van der Waals surface area contributed by atoms with Gasteiger partial charge in [0.05, 0.1) is 5.56 Å². The SMILES string of the molecule is O=C1NS(=O)(=O)c2ccccc21.S.S. The molecule has 0 aliphatic carbocycles. The summed E-state index contributed by atoms with van der Waals surface area (Å²) in [5.41, 5.74) is 0.220. The van der Waals surface area contributed by atoms with Crippen molar-refractivity contribution in [2.45, 2.75) is 4.90 Å². The van der Waals surface area contributed by atoms with Crippen LogP contribution in [0.2, 0.25) is 0 Å². The van der Waals surface area contributed by atoms with E-state index in [9.17, 15) is 13.2 Å². The minimum atomic E-state index is -3.55. The minimum Gasteiger partial charge on any atom is -0.268 e. The normalized spacial score (nSPS) is 15.9. The Kier molecular flexibility index (Phi) is 4.04. The highest BCUT2D eigenvalue weighted by Gasteiger charge is 2.31. The second-order valence-electron chi connectivity index (χ2n) is 2.43. The summed E-state index contributed by atoms with van der Waals surface area (Å²) in [7, 11) is -3.55. The topological polar surface area (TPSA) is 63.2 Å². The number of carbonyl (C=O) groups excluding carboxylic acids is 1. The second-order valence-corrected chi connectivity index (χ2v) is 4.08. The molecule has 78 valence electrons. The number of nitrogens with one attached hydrogen (secondary N) is 1. The molecule has 0 radical (unpaired) electrons. The fourth-order valence-corrected chi connectivity index (χ4v) is 2.29. The molecule has 0 aromatic heterocycles. The lowest BCUT2D eigenvalue weighted by Gasteiger charge is -1.91. The smallest absolute Gasteiger partial charge is 0.266 e. The van der Waals surface area contributed by atoms with Crippen molar-refractivity contribution < 1.29 is 13.2 Å². The van der Waals surface area contributed by atoms with E-state index in [4.69, 9.17) is 0 Å². The van der Waals surface area contributed by atoms with Gasteiger partial charge >= 0.3 is 0 Å². The van der Waals surface area contributed by atoms with Crippen LogP contribution in [0, 0.1) is 0 Å². The molecule has 1 heterocycles. The molecule has 1 aromatic rings. The van der Waals surface area contributed by atoms with Crippen molar-refractivity contribution in [2.24, 2.45) is 0 Å². The third kappa shape index (κ3) is 1.89. The maximum Gasteiger partial charge on any atom is 0.266 e. The van der Waals surface area contributed by atoms with Crippen LogP contribution >= 0.6 is 27.0 Å². The van der Waals surface area contributed by atoms with Gasteiger partial charge in [-0.1, -0.05) is 12.1 Å². The molecule has 1 aromatic carbocycles. The molecular formula is C7H9NO3S3. The van der Waals surface area contributed by atoms with Crippen LogP contribution < -0.4 is 4.72 Å². The average molecular weight is 251 g/mol. The highest BCUT2D eigenvalue weighted by atomic mass is 32.2. The van der Waals surface area contributed by atoms with Gasteiger partial charge in [0.15, 0.2) is 0 Å². The maximum atomic E-state index is 11.1. The maximum absolute atomic E-state index is 11.1. The Bertz CT molecular complexity index is 455. The van der Waals surface area contributed by atoms with Gasteiger partial charge in [-0.3, -0.25) is 4.79 Å². The van der Waals surface area contributed by atoms with Crippen molar-refractivity contribution >= 4 is 42.9 Å². The van der Waals surface area contributed by atoms with E-state index in [1.54, 1.807) is 12.1 Å². The highest BCUT2D eigenvalue weighted by molar-refractivity contribution is 7.90. The second kappa shape index (κ2) is 4.24. The van der Waals surface area contributed by atoms with Gasteiger partial charge in [0.1, 0.15) is 4.90 Å². The number of rotatable bonds is 0. The Morgan fingerprint density at radius 2 is 1.64 bits per heavy atom. The summed E-state index contributed by atoms with van der Waals surface area (Å²) in [4.78, 5) is 11.1. The van der Waals surface area contributed by atoms with Crippen LogP contribution in [0.25, 0.3) is 0 Å². The van der Waals surface area contributed by atoms with Gasteiger partial charge < -0.3 is 0 Å². The molecule has 1 N–H and O–H groups in total. The first-order chi connectivity index (χ1) is 5.61. The fourth-order valence-electron chi connectivity index (χ4n) is 1.12. The lowest BCUT2D eigenvalue weighted by Crippen LogP contribution is -2.20. The molecule has 2 rings (SSSR count). The van der Waals surface area contributed by atoms with Gasteiger partial charge in [-0.05, 0) is 12.1 Å². The first-order valence-corrected chi connectivity index (χ1v) is 4.76. The van der Waals surface area contributed by atoms with Crippen LogP contribution in [0.15, 0.2) is 29.2 Å². The van der Waals surface area contributed by atoms with Crippen molar-refractivity contribution in [3.8, 4) is 0 Å². The van der Waals surface area contributed by atoms with Gasteiger partial charge in [0.2, 0.25) is 0 Å². The number of sulfonamides is 1. The zero-order valence-electron chi connectivity index (χ0n) is 6.94. The van der Waals surface area contributed by atoms with Crippen molar-refractivity contribution in [1.82, 2.24) is 4.72 Å². The molecule has 0 spiro atoms. The molecule has 0 saturated heterocycles. The molecule has 0 unspecified atom stereocenters. The molecular weight excluding hydrogens is 242 g/mol. The summed E-state index contributed by atoms with van der Waals surface area (Å²) in [5, 5.41) is 0. The van der Waals surface area contributed by atoms with Crippen LogP contribution in [0.4, 0.5) is 0 Å². The fraction of sp³-hybridized carbons (Fsp3) is 0. The van der Waals surface area contributed by atoms with Crippen molar-refractivity contribution in [3.63, 3.8) is 0 Å². The van der Waals surface area contributed by atoms with E-state index in [0.29, 0.717) is 0 Å². The molecule has 0 saturated carbocycles. The third-order valence-corrected chi connectivity index (χ3v) is 3.04. The monoisotopic (exact) mass is 251 g/mol. The molecule has 7 heteroatoms. The van der Waals surface area contributed by atoms with Crippen LogP contribution in [0.3, 0.4) is 0 Å². The Morgan fingerprint density at radius 1 is 1.07 bits per heavy atom. The van der Waals surface area contributed by atoms with Crippen LogP contribution in [0.1, 0.15) is 10.4 Å². The molecule has 0 atom stereocenters. The molecule has 4 nitrogen and oxygen atoms in total. The molecule has 0 fully saturated rings. The average Bonchev–Trinajstić information content (AvgIpc) is 2.25. The van der Waals surface area contributed by atoms with E-state index in [0.717, 1.165) is 0 Å². The number of carbonyl (C=O) groups is 1.